The number of aliphatic imine (C=N–C) groups is 1. The average molecular weight is 2010 g/mol. The van der Waals surface area contributed by atoms with Crippen LogP contribution in [0.1, 0.15) is 177 Å². The first-order chi connectivity index (χ1) is 64.5. The Morgan fingerprint density at radius 1 is 0.788 bits per heavy atom. The number of nitrogens with two attached hydrogens (primary N) is 1. The minimum absolute atomic E-state index is 0.0148. The highest BCUT2D eigenvalue weighted by Gasteiger charge is 2.55. The van der Waals surface area contributed by atoms with E-state index in [9.17, 15) is 113 Å². The van der Waals surface area contributed by atoms with Crippen LogP contribution >= 0.6 is 34.4 Å². The fourth-order valence-corrected chi connectivity index (χ4v) is 19.0. The fraction of sp³-hybridized carbons (Fsp3) is 0.517. The topological polar surface area (TPSA) is 734 Å². The van der Waals surface area contributed by atoms with E-state index in [1.807, 2.05) is 0 Å². The molecule has 0 spiro atoms. The van der Waals surface area contributed by atoms with Gasteiger partial charge in [-0.2, -0.15) is 0 Å². The third-order valence-corrected chi connectivity index (χ3v) is 27.8. The molecule has 27 N–H and O–H groups in total. The van der Waals surface area contributed by atoms with Crippen molar-refractivity contribution in [2.45, 2.75) is 240 Å². The Bertz CT molecular complexity index is 5340. The molecule has 8 amide bonds. The molecule has 0 saturated carbocycles. The number of carboxylic acids is 1. The van der Waals surface area contributed by atoms with Crippen LogP contribution in [0.25, 0.3) is 11.1 Å². The van der Waals surface area contributed by atoms with Gasteiger partial charge in [-0.1, -0.05) is 114 Å². The maximum Gasteiger partial charge on any atom is 0.360 e. The van der Waals surface area contributed by atoms with Crippen molar-refractivity contribution in [3.63, 3.8) is 0 Å². The molecule has 137 heavy (non-hydrogen) atoms. The number of likely N-dealkylation sites (N-methyl/N-ethyl adjacent to an activating group) is 1. The number of phenols is 3. The predicted molar refractivity (Wildman–Crippen MR) is 488 cm³/mol. The molecule has 0 aliphatic carbocycles. The normalized spacial score (nSPS) is 25.6. The van der Waals surface area contributed by atoms with E-state index in [1.54, 1.807) is 19.2 Å². The molecule has 17 atom stereocenters. The number of nitrogens with one attached hydrogen (secondary N) is 9. The highest BCUT2D eigenvalue weighted by Crippen LogP contribution is 2.59. The van der Waals surface area contributed by atoms with Crippen LogP contribution in [-0.4, -0.2) is 268 Å². The average Bonchev–Trinajstić information content (AvgIpc) is 0.754. The summed E-state index contributed by atoms with van der Waals surface area (Å²) in [6.45, 7) is 12.0. The molecule has 0 aromatic heterocycles. The van der Waals surface area contributed by atoms with Crippen LogP contribution < -0.4 is 67.8 Å². The number of nitrogens with zero attached hydrogens (tertiary/aromatic N) is 2. The Hall–Kier alpha value is -10.2. The summed E-state index contributed by atoms with van der Waals surface area (Å²) < 4.78 is 75.7. The van der Waals surface area contributed by atoms with E-state index >= 15 is 24.0 Å². The van der Waals surface area contributed by atoms with Gasteiger partial charge in [-0.05, 0) is 124 Å². The molecule has 754 valence electrons. The van der Waals surface area contributed by atoms with Gasteiger partial charge in [-0.3, -0.25) is 52.1 Å². The maximum atomic E-state index is 16.5. The Labute approximate surface area is 791 Å². The van der Waals surface area contributed by atoms with Crippen molar-refractivity contribution in [3.05, 3.63) is 136 Å². The van der Waals surface area contributed by atoms with Crippen LogP contribution in [-0.2, 0) is 77.6 Å². The quantitative estimate of drug-likeness (QED) is 0.0227. The Morgan fingerprint density at radius 3 is 2.08 bits per heavy atom. The van der Waals surface area contributed by atoms with Crippen molar-refractivity contribution in [1.29, 1.82) is 0 Å². The van der Waals surface area contributed by atoms with Crippen LogP contribution in [0.2, 0.25) is 5.02 Å². The zero-order chi connectivity index (χ0) is 101. The molecule has 2 fully saturated rings. The minimum Gasteiger partial charge on any atom is -0.507 e. The van der Waals surface area contributed by atoms with Gasteiger partial charge >= 0.3 is 28.8 Å². The summed E-state index contributed by atoms with van der Waals surface area (Å²) in [7, 11) is -14.9. The Morgan fingerprint density at radius 2 is 1.45 bits per heavy atom. The SMILES string of the molecule is C=C/C1=C\C=C\Oc2cc3cc(c2O[C@@H]2O[C@H](CO)[C@@H](O)[C@H](O)[C@H]2O[C@H]2C[C@](C)(N(CCNCCCCCCCCCC)C(=O)CCC(=O)NC(P(=O)(O)O)P(=O)(O)O)[C@H](O)[C@H](C)O2)Oc2ccc(cc2Cl)[C@@H](O)C2=NC(=O)[C@H](NC(=O)[C@@H]3NC(=O)[C@H](C/C(N)=C\C)NC(=O)[C@H](NC(=O)[C@@H](CC(C)C)NC)[C@@H]1O)c1ccc(O)c(c1)-c1c(cc(O)c(CNCP(=O)(O)O)c1O)[C@@H](C(=O)O)NC2=O. The van der Waals surface area contributed by atoms with E-state index in [2.05, 4.69) is 61.0 Å². The number of carboxylic acid groups (broad SMARTS) is 1. The number of hydrogen-bond acceptors (Lipinski definition) is 31. The van der Waals surface area contributed by atoms with Crippen LogP contribution in [0.15, 0.2) is 108 Å². The number of carbonyl (C=O) groups excluding carboxylic acids is 8. The van der Waals surface area contributed by atoms with Crippen LogP contribution in [0.4, 0.5) is 0 Å². The number of hydrogen-bond donors (Lipinski definition) is 26. The third-order valence-electron chi connectivity index (χ3n) is 23.5. The van der Waals surface area contributed by atoms with Crippen LogP contribution in [0.3, 0.4) is 0 Å². The van der Waals surface area contributed by atoms with Gasteiger partial charge in [0.25, 0.3) is 11.8 Å². The number of allylic oxidation sites excluding steroid dienone is 3. The molecule has 46 nitrogen and oxygen atoms in total. The van der Waals surface area contributed by atoms with Gasteiger partial charge in [0.15, 0.2) is 29.9 Å². The molecule has 4 aromatic carbocycles. The van der Waals surface area contributed by atoms with Gasteiger partial charge in [0.05, 0.1) is 47.4 Å². The number of ether oxygens (including phenoxy) is 6. The molecular weight excluding hydrogens is 1890 g/mol. The first-order valence-corrected chi connectivity index (χ1v) is 49.5. The summed E-state index contributed by atoms with van der Waals surface area (Å²) in [5, 5.41) is 141. The van der Waals surface area contributed by atoms with Gasteiger partial charge < -0.3 is 167 Å². The van der Waals surface area contributed by atoms with Crippen LogP contribution in [0.5, 0.6) is 40.2 Å². The van der Waals surface area contributed by atoms with E-state index < -0.39 is 320 Å². The Balaban J connectivity index is 1.27. The van der Waals surface area contributed by atoms with E-state index in [0.717, 1.165) is 123 Å². The molecule has 0 unspecified atom stereocenters. The number of phenolic OH excluding ortho intramolecular Hbond substituents is 3. The summed E-state index contributed by atoms with van der Waals surface area (Å²) in [6.07, 6.45) is -10.7. The van der Waals surface area contributed by atoms with Crippen molar-refractivity contribution in [2.75, 3.05) is 39.6 Å². The minimum atomic E-state index is -5.74. The zero-order valence-corrected chi connectivity index (χ0v) is 79.3. The lowest BCUT2D eigenvalue weighted by atomic mass is 9.82. The third kappa shape index (κ3) is 28.3. The number of halogens is 1. The lowest BCUT2D eigenvalue weighted by Crippen LogP contribution is -2.67. The van der Waals surface area contributed by atoms with Crippen LogP contribution in [0, 0.1) is 5.92 Å². The molecule has 2 saturated heterocycles. The fourth-order valence-electron chi connectivity index (χ4n) is 16.2. The van der Waals surface area contributed by atoms with Crippen molar-refractivity contribution >= 4 is 93.3 Å². The van der Waals surface area contributed by atoms with E-state index in [4.69, 9.17) is 45.8 Å². The number of aliphatic hydroxyl groups is 6. The maximum absolute atomic E-state index is 16.5. The lowest BCUT2D eigenvalue weighted by Gasteiger charge is -2.52. The largest absolute Gasteiger partial charge is 0.507 e. The second-order valence-corrected chi connectivity index (χ2v) is 40.0. The van der Waals surface area contributed by atoms with Crippen molar-refractivity contribution in [1.82, 2.24) is 52.8 Å². The second-order valence-electron chi connectivity index (χ2n) is 34.2. The monoisotopic (exact) mass is 2000 g/mol. The van der Waals surface area contributed by atoms with Gasteiger partial charge in [0, 0.05) is 67.7 Å². The molecule has 4 aromatic rings. The zero-order valence-electron chi connectivity index (χ0n) is 75.8. The highest BCUT2D eigenvalue weighted by atomic mass is 35.5. The number of aliphatic carboxylic acids is 1. The van der Waals surface area contributed by atoms with Crippen molar-refractivity contribution in [3.8, 4) is 51.4 Å². The van der Waals surface area contributed by atoms with E-state index in [-0.39, 0.29) is 36.7 Å². The number of rotatable bonds is 37. The Kier molecular flexibility index (Phi) is 39.2. The molecule has 10 rings (SSSR count). The van der Waals surface area contributed by atoms with Gasteiger partial charge in [-0.25, -0.2) is 9.79 Å². The number of amides is 8. The summed E-state index contributed by atoms with van der Waals surface area (Å²) in [5.74, 6) is -18.4. The molecule has 6 aliphatic rings. The first kappa shape index (κ1) is 110. The lowest BCUT2D eigenvalue weighted by molar-refractivity contribution is -0.337. The van der Waals surface area contributed by atoms with E-state index in [1.165, 1.54) is 33.9 Å². The van der Waals surface area contributed by atoms with E-state index in [0.29, 0.717) is 19.0 Å². The summed E-state index contributed by atoms with van der Waals surface area (Å²) >= 11 is 7.16. The molecule has 6 heterocycles. The first-order valence-electron chi connectivity index (χ1n) is 44.0. The molecule has 6 aliphatic heterocycles. The summed E-state index contributed by atoms with van der Waals surface area (Å²) in [4.78, 5) is 199. The number of fused-ring (bicyclic) bond motifs is 8. The smallest absolute Gasteiger partial charge is 0.360 e. The molecule has 9 bridgehead atoms. The summed E-state index contributed by atoms with van der Waals surface area (Å²) in [6, 6.07) is -3.97. The highest BCUT2D eigenvalue weighted by molar-refractivity contribution is 7.70. The molecular formula is C87H120ClN12O34P3. The van der Waals surface area contributed by atoms with Gasteiger partial charge in [-0.15, -0.1) is 0 Å². The second kappa shape index (κ2) is 48.6. The number of aliphatic hydroxyl groups excluding tert-OH is 6. The predicted octanol–water partition coefficient (Wildman–Crippen LogP) is 2.21. The van der Waals surface area contributed by atoms with Gasteiger partial charge in [0.1, 0.15) is 89.5 Å². The molecule has 50 heteroatoms. The number of unbranched alkanes of at least 4 members (excludes halogenated alkanes) is 7. The standard InChI is InChI=1S/C87H120ClN12O34P3/c1-9-12-13-14-15-16-17-18-27-91-28-29-100(62(105)26-25-61(104)94-86(136(123,124)125)137(126,127)128)87(7)38-63(130-43(6)77(87)111)133-76-74(110)73(109)60(40-101)132-85(76)134-75-58-34-47-35-59(75)131-57-24-22-46(33-52(57)88)71(107)69-83(117)97-67(84(118)119)50-37-56(103)51(39-92-41-135(120,121)122)72(108)64(50)49-32-45(21-23-55(49)102)65(80(114)99-69)96-81(115)66(47)95-79(113)54(36-48(89)11-3)93-82(116)68(70(106)44(10-2)20-19-30-129-58)98-78(112)53(90-8)31-42(4)5/h10-11,19-24,30,32-35,37,42-43,53-54,60,63,65-68,70-71,73-74,76-77,85-86,90-92,101-103,106-111H,2,9,12-18,25-29,31,36,38-41,89H2,1,3-8H3,(H,93,116)(H,94,104)(H,95,113)(H,96,115)(H,97,117)(H,98,112)(H,118,119)(H2,120,121,122)(H2,123,124,125)(H2,126,127,128)/b30-19+,44-20+,48-11+,99-69?/t43-,53+,54-,60+,63-,65+,66+,67-,68+,70+,71+,73+,74-,76+,77+,85-,87-/m0/s1. The van der Waals surface area contributed by atoms with Crippen molar-refractivity contribution in [2.24, 2.45) is 16.6 Å². The van der Waals surface area contributed by atoms with Gasteiger partial charge in [0.2, 0.25) is 53.0 Å². The number of aromatic hydroxyl groups is 3. The number of benzene rings is 4. The molecule has 0 radical (unpaired) electrons. The summed E-state index contributed by atoms with van der Waals surface area (Å²) in [5.41, 5.74) is -4.33. The number of carbonyl (C=O) groups is 9. The van der Waals surface area contributed by atoms with Crippen molar-refractivity contribution < 1.29 is 166 Å².